The largest absolute Gasteiger partial charge is 0.345 e. The second kappa shape index (κ2) is 3.41. The number of nitrogens with zero attached hydrogens (tertiary/aromatic N) is 4. The maximum Gasteiger partial charge on any atom is 0.139 e. The lowest BCUT2D eigenvalue weighted by Crippen LogP contribution is -1.95. The summed E-state index contributed by atoms with van der Waals surface area (Å²) in [6.45, 7) is 0. The van der Waals surface area contributed by atoms with Crippen molar-refractivity contribution in [2.45, 2.75) is 0 Å². The van der Waals surface area contributed by atoms with Crippen molar-refractivity contribution in [3.05, 3.63) is 29.0 Å². The van der Waals surface area contributed by atoms with Gasteiger partial charge in [-0.1, -0.05) is 5.21 Å². The van der Waals surface area contributed by atoms with E-state index < -0.39 is 0 Å². The van der Waals surface area contributed by atoms with E-state index in [2.05, 4.69) is 36.2 Å². The van der Waals surface area contributed by atoms with Gasteiger partial charge in [0.25, 0.3) is 0 Å². The van der Waals surface area contributed by atoms with Crippen LogP contribution in [0.25, 0.3) is 22.4 Å². The number of nitrogens with one attached hydrogen (secondary N) is 1. The molecule has 0 aliphatic rings. The first-order valence-corrected chi connectivity index (χ1v) is 5.53. The zero-order valence-corrected chi connectivity index (χ0v) is 10.1. The van der Waals surface area contributed by atoms with Gasteiger partial charge in [-0.3, -0.25) is 0 Å². The standard InChI is InChI=1S/C10H8BrN5/c1-16-9(5-13-15-16)8-3-2-6-7(11)4-12-10(6)14-8/h2-5H,1H3,(H,12,14). The molecule has 3 heterocycles. The summed E-state index contributed by atoms with van der Waals surface area (Å²) < 4.78 is 2.72. The summed E-state index contributed by atoms with van der Waals surface area (Å²) in [7, 11) is 1.85. The molecular weight excluding hydrogens is 270 g/mol. The molecule has 0 aromatic carbocycles. The topological polar surface area (TPSA) is 59.4 Å². The molecule has 80 valence electrons. The summed E-state index contributed by atoms with van der Waals surface area (Å²) in [5.41, 5.74) is 2.60. The highest BCUT2D eigenvalue weighted by Crippen LogP contribution is 2.24. The van der Waals surface area contributed by atoms with Crippen molar-refractivity contribution in [2.75, 3.05) is 0 Å². The average Bonchev–Trinajstić information content (AvgIpc) is 2.86. The van der Waals surface area contributed by atoms with Crippen molar-refractivity contribution < 1.29 is 0 Å². The Bertz CT molecular complexity index is 654. The minimum Gasteiger partial charge on any atom is -0.345 e. The van der Waals surface area contributed by atoms with Crippen LogP contribution in [0.1, 0.15) is 0 Å². The highest BCUT2D eigenvalue weighted by Gasteiger charge is 2.08. The Labute approximate surface area is 99.6 Å². The summed E-state index contributed by atoms with van der Waals surface area (Å²) in [6.07, 6.45) is 3.58. The third kappa shape index (κ3) is 1.34. The average molecular weight is 278 g/mol. The summed E-state index contributed by atoms with van der Waals surface area (Å²) in [4.78, 5) is 7.61. The fraction of sp³-hybridized carbons (Fsp3) is 0.100. The molecule has 0 aliphatic carbocycles. The van der Waals surface area contributed by atoms with Gasteiger partial charge in [-0.2, -0.15) is 0 Å². The van der Waals surface area contributed by atoms with E-state index in [0.717, 1.165) is 26.9 Å². The number of rotatable bonds is 1. The number of aryl methyl sites for hydroxylation is 1. The molecule has 6 heteroatoms. The molecule has 0 atom stereocenters. The number of H-pyrrole nitrogens is 1. The Morgan fingerprint density at radius 1 is 1.38 bits per heavy atom. The molecular formula is C10H8BrN5. The van der Waals surface area contributed by atoms with Gasteiger partial charge in [-0.05, 0) is 28.1 Å². The molecule has 5 nitrogen and oxygen atoms in total. The third-order valence-electron chi connectivity index (χ3n) is 2.47. The monoisotopic (exact) mass is 277 g/mol. The molecule has 0 saturated carbocycles. The van der Waals surface area contributed by atoms with E-state index in [0.29, 0.717) is 0 Å². The predicted molar refractivity (Wildman–Crippen MR) is 63.8 cm³/mol. The lowest BCUT2D eigenvalue weighted by Gasteiger charge is -1.99. The molecule has 0 spiro atoms. The van der Waals surface area contributed by atoms with Gasteiger partial charge in [0.15, 0.2) is 0 Å². The molecule has 0 bridgehead atoms. The first-order chi connectivity index (χ1) is 7.75. The van der Waals surface area contributed by atoms with Crippen molar-refractivity contribution in [1.29, 1.82) is 0 Å². The summed E-state index contributed by atoms with van der Waals surface area (Å²) in [5.74, 6) is 0. The number of halogens is 1. The molecule has 0 unspecified atom stereocenters. The number of aromatic amines is 1. The van der Waals surface area contributed by atoms with E-state index in [9.17, 15) is 0 Å². The van der Waals surface area contributed by atoms with Gasteiger partial charge in [0, 0.05) is 23.1 Å². The number of hydrogen-bond acceptors (Lipinski definition) is 3. The zero-order chi connectivity index (χ0) is 11.1. The first-order valence-electron chi connectivity index (χ1n) is 4.74. The molecule has 1 N–H and O–H groups in total. The molecule has 0 aliphatic heterocycles. The maximum absolute atomic E-state index is 4.51. The summed E-state index contributed by atoms with van der Waals surface area (Å²) >= 11 is 3.45. The van der Waals surface area contributed by atoms with E-state index >= 15 is 0 Å². The van der Waals surface area contributed by atoms with Crippen LogP contribution in [-0.4, -0.2) is 25.0 Å². The lowest BCUT2D eigenvalue weighted by atomic mass is 10.2. The second-order valence-corrected chi connectivity index (χ2v) is 4.33. The Morgan fingerprint density at radius 2 is 2.25 bits per heavy atom. The molecule has 0 amide bonds. The van der Waals surface area contributed by atoms with Crippen LogP contribution >= 0.6 is 15.9 Å². The molecule has 3 aromatic heterocycles. The highest BCUT2D eigenvalue weighted by molar-refractivity contribution is 9.10. The van der Waals surface area contributed by atoms with Crippen molar-refractivity contribution in [3.63, 3.8) is 0 Å². The summed E-state index contributed by atoms with van der Waals surface area (Å²) in [6, 6.07) is 3.98. The number of aromatic nitrogens is 5. The van der Waals surface area contributed by atoms with E-state index in [4.69, 9.17) is 0 Å². The van der Waals surface area contributed by atoms with Crippen LogP contribution in [0.4, 0.5) is 0 Å². The molecule has 3 aromatic rings. The minimum atomic E-state index is 0.852. The fourth-order valence-electron chi connectivity index (χ4n) is 1.64. The minimum absolute atomic E-state index is 0.852. The van der Waals surface area contributed by atoms with Crippen LogP contribution in [0.3, 0.4) is 0 Å². The van der Waals surface area contributed by atoms with Crippen LogP contribution in [0, 0.1) is 0 Å². The fourth-order valence-corrected chi connectivity index (χ4v) is 2.07. The van der Waals surface area contributed by atoms with E-state index in [1.165, 1.54) is 0 Å². The predicted octanol–water partition coefficient (Wildman–Crippen LogP) is 2.12. The van der Waals surface area contributed by atoms with Gasteiger partial charge in [-0.15, -0.1) is 5.10 Å². The Morgan fingerprint density at radius 3 is 3.00 bits per heavy atom. The van der Waals surface area contributed by atoms with Crippen molar-refractivity contribution in [2.24, 2.45) is 7.05 Å². The van der Waals surface area contributed by atoms with Gasteiger partial charge in [0.05, 0.1) is 11.9 Å². The molecule has 0 radical (unpaired) electrons. The number of fused-ring (bicyclic) bond motifs is 1. The van der Waals surface area contributed by atoms with Gasteiger partial charge in [0.1, 0.15) is 11.3 Å². The third-order valence-corrected chi connectivity index (χ3v) is 3.12. The van der Waals surface area contributed by atoms with Crippen molar-refractivity contribution in [3.8, 4) is 11.4 Å². The van der Waals surface area contributed by atoms with Crippen LogP contribution in [0.2, 0.25) is 0 Å². The van der Waals surface area contributed by atoms with E-state index in [-0.39, 0.29) is 0 Å². The van der Waals surface area contributed by atoms with Crippen molar-refractivity contribution >= 4 is 27.0 Å². The maximum atomic E-state index is 4.51. The van der Waals surface area contributed by atoms with Crippen LogP contribution in [0.5, 0.6) is 0 Å². The van der Waals surface area contributed by atoms with E-state index in [1.54, 1.807) is 10.9 Å². The van der Waals surface area contributed by atoms with Gasteiger partial charge < -0.3 is 4.98 Å². The van der Waals surface area contributed by atoms with Gasteiger partial charge in [0.2, 0.25) is 0 Å². The van der Waals surface area contributed by atoms with E-state index in [1.807, 2.05) is 25.4 Å². The number of pyridine rings is 1. The Hall–Kier alpha value is -1.69. The zero-order valence-electron chi connectivity index (χ0n) is 8.48. The molecule has 0 saturated heterocycles. The molecule has 3 rings (SSSR count). The first kappa shape index (κ1) is 9.53. The molecule has 16 heavy (non-hydrogen) atoms. The second-order valence-electron chi connectivity index (χ2n) is 3.47. The van der Waals surface area contributed by atoms with Crippen LogP contribution < -0.4 is 0 Å². The SMILES string of the molecule is Cn1nncc1-c1ccc2c(Br)c[nH]c2n1. The Kier molecular flexibility index (Phi) is 2.03. The summed E-state index contributed by atoms with van der Waals surface area (Å²) in [5, 5.41) is 8.79. The normalized spacial score (nSPS) is 11.1. The lowest BCUT2D eigenvalue weighted by molar-refractivity contribution is 0.719. The van der Waals surface area contributed by atoms with Crippen LogP contribution in [-0.2, 0) is 7.05 Å². The number of hydrogen-bond donors (Lipinski definition) is 1. The van der Waals surface area contributed by atoms with Gasteiger partial charge >= 0.3 is 0 Å². The molecule has 0 fully saturated rings. The van der Waals surface area contributed by atoms with Gasteiger partial charge in [-0.25, -0.2) is 9.67 Å². The van der Waals surface area contributed by atoms with Crippen molar-refractivity contribution in [1.82, 2.24) is 25.0 Å². The quantitative estimate of drug-likeness (QED) is 0.741. The Balaban J connectivity index is 2.23. The highest BCUT2D eigenvalue weighted by atomic mass is 79.9. The smallest absolute Gasteiger partial charge is 0.139 e. The van der Waals surface area contributed by atoms with Crippen LogP contribution in [0.15, 0.2) is 29.0 Å².